The van der Waals surface area contributed by atoms with Crippen molar-refractivity contribution in [3.8, 4) is 16.9 Å². The second-order valence-electron chi connectivity index (χ2n) is 7.82. The van der Waals surface area contributed by atoms with Crippen LogP contribution in [0.2, 0.25) is 0 Å². The number of hydrogen-bond acceptors (Lipinski definition) is 4. The standard InChI is InChI=1S/C23H25N5O3S/c1-16(2)27-15-20(22(24-27)18-11-7-5-8-12-18)32(30,31)25-21-17(3)26(4)28(23(21)29)19-13-9-6-10-14-19/h5-16,25H,1-4H3. The highest BCUT2D eigenvalue weighted by Crippen LogP contribution is 2.29. The first-order valence-electron chi connectivity index (χ1n) is 10.2. The van der Waals surface area contributed by atoms with Gasteiger partial charge in [-0.3, -0.25) is 18.9 Å². The van der Waals surface area contributed by atoms with E-state index in [0.717, 1.165) is 0 Å². The SMILES string of the molecule is Cc1c(NS(=O)(=O)c2cn(C(C)C)nc2-c2ccccc2)c(=O)n(-c2ccccc2)n1C. The molecular weight excluding hydrogens is 426 g/mol. The predicted molar refractivity (Wildman–Crippen MR) is 125 cm³/mol. The number of nitrogens with one attached hydrogen (secondary N) is 1. The van der Waals surface area contributed by atoms with Crippen molar-refractivity contribution in [2.75, 3.05) is 4.72 Å². The molecule has 0 radical (unpaired) electrons. The molecule has 32 heavy (non-hydrogen) atoms. The molecule has 1 N–H and O–H groups in total. The molecule has 0 fully saturated rings. The molecule has 0 aliphatic rings. The third-order valence-corrected chi connectivity index (χ3v) is 6.71. The summed E-state index contributed by atoms with van der Waals surface area (Å²) in [4.78, 5) is 13.2. The van der Waals surface area contributed by atoms with E-state index in [4.69, 9.17) is 0 Å². The molecule has 0 spiro atoms. The zero-order valence-corrected chi connectivity index (χ0v) is 19.2. The van der Waals surface area contributed by atoms with Crippen molar-refractivity contribution >= 4 is 15.7 Å². The van der Waals surface area contributed by atoms with Crippen LogP contribution in [-0.4, -0.2) is 27.6 Å². The van der Waals surface area contributed by atoms with Crippen LogP contribution in [0.3, 0.4) is 0 Å². The Bertz CT molecular complexity index is 1420. The van der Waals surface area contributed by atoms with Gasteiger partial charge in [0.15, 0.2) is 0 Å². The third-order valence-electron chi connectivity index (χ3n) is 5.35. The van der Waals surface area contributed by atoms with Gasteiger partial charge in [-0.15, -0.1) is 0 Å². The molecule has 0 aliphatic carbocycles. The minimum atomic E-state index is -4.10. The van der Waals surface area contributed by atoms with Gasteiger partial charge < -0.3 is 0 Å². The monoisotopic (exact) mass is 451 g/mol. The molecule has 2 aromatic heterocycles. The molecule has 0 saturated carbocycles. The van der Waals surface area contributed by atoms with Crippen LogP contribution in [0.15, 0.2) is 76.6 Å². The summed E-state index contributed by atoms with van der Waals surface area (Å²) in [6.07, 6.45) is 1.50. The summed E-state index contributed by atoms with van der Waals surface area (Å²) in [5, 5.41) is 4.51. The van der Waals surface area contributed by atoms with E-state index in [2.05, 4.69) is 9.82 Å². The lowest BCUT2D eigenvalue weighted by Gasteiger charge is -2.07. The Morgan fingerprint density at radius 1 is 0.969 bits per heavy atom. The molecular formula is C23H25N5O3S. The Hall–Kier alpha value is -3.59. The number of aromatic nitrogens is 4. The van der Waals surface area contributed by atoms with E-state index in [-0.39, 0.29) is 16.6 Å². The van der Waals surface area contributed by atoms with Crippen molar-refractivity contribution in [2.45, 2.75) is 31.7 Å². The predicted octanol–water partition coefficient (Wildman–Crippen LogP) is 3.73. The summed E-state index contributed by atoms with van der Waals surface area (Å²) < 4.78 is 34.1. The fourth-order valence-corrected chi connectivity index (χ4v) is 4.78. The molecule has 0 saturated heterocycles. The highest BCUT2D eigenvalue weighted by molar-refractivity contribution is 7.92. The second kappa shape index (κ2) is 8.16. The van der Waals surface area contributed by atoms with Gasteiger partial charge in [0.05, 0.1) is 11.4 Å². The van der Waals surface area contributed by atoms with Crippen LogP contribution in [0.25, 0.3) is 16.9 Å². The van der Waals surface area contributed by atoms with E-state index < -0.39 is 15.6 Å². The van der Waals surface area contributed by atoms with Gasteiger partial charge in [-0.25, -0.2) is 13.1 Å². The summed E-state index contributed by atoms with van der Waals surface area (Å²) in [5.41, 5.74) is 1.72. The molecule has 4 aromatic rings. The summed E-state index contributed by atoms with van der Waals surface area (Å²) in [7, 11) is -2.38. The van der Waals surface area contributed by atoms with Gasteiger partial charge in [-0.1, -0.05) is 48.5 Å². The van der Waals surface area contributed by atoms with Gasteiger partial charge >= 0.3 is 0 Å². The van der Waals surface area contributed by atoms with Gasteiger partial charge in [0.1, 0.15) is 16.3 Å². The highest BCUT2D eigenvalue weighted by atomic mass is 32.2. The smallest absolute Gasteiger partial charge is 0.283 e. The van der Waals surface area contributed by atoms with E-state index in [9.17, 15) is 13.2 Å². The number of para-hydroxylation sites is 1. The molecule has 0 aliphatic heterocycles. The minimum absolute atomic E-state index is 0.00709. The molecule has 0 atom stereocenters. The maximum Gasteiger partial charge on any atom is 0.296 e. The molecule has 166 valence electrons. The zero-order chi connectivity index (χ0) is 23.0. The van der Waals surface area contributed by atoms with Crippen LogP contribution in [0.4, 0.5) is 5.69 Å². The summed E-state index contributed by atoms with van der Waals surface area (Å²) in [5.74, 6) is 0. The number of hydrogen-bond donors (Lipinski definition) is 1. The van der Waals surface area contributed by atoms with E-state index in [1.54, 1.807) is 35.5 Å². The Morgan fingerprint density at radius 2 is 1.56 bits per heavy atom. The average Bonchev–Trinajstić information content (AvgIpc) is 3.32. The van der Waals surface area contributed by atoms with E-state index in [0.29, 0.717) is 22.6 Å². The Morgan fingerprint density at radius 3 is 2.16 bits per heavy atom. The Balaban J connectivity index is 1.83. The number of anilines is 1. The molecule has 0 bridgehead atoms. The van der Waals surface area contributed by atoms with Crippen molar-refractivity contribution in [3.05, 3.63) is 82.9 Å². The lowest BCUT2D eigenvalue weighted by Crippen LogP contribution is -2.23. The van der Waals surface area contributed by atoms with Gasteiger partial charge in [0.25, 0.3) is 15.6 Å². The molecule has 0 amide bonds. The highest BCUT2D eigenvalue weighted by Gasteiger charge is 2.28. The fourth-order valence-electron chi connectivity index (χ4n) is 3.51. The maximum absolute atomic E-state index is 13.5. The van der Waals surface area contributed by atoms with Crippen LogP contribution in [-0.2, 0) is 17.1 Å². The molecule has 2 heterocycles. The summed E-state index contributed by atoms with van der Waals surface area (Å²) in [6.45, 7) is 5.55. The second-order valence-corrected chi connectivity index (χ2v) is 9.47. The first-order valence-corrected chi connectivity index (χ1v) is 11.7. The van der Waals surface area contributed by atoms with Crippen molar-refractivity contribution in [1.82, 2.24) is 19.1 Å². The normalized spacial score (nSPS) is 11.8. The van der Waals surface area contributed by atoms with Crippen molar-refractivity contribution in [1.29, 1.82) is 0 Å². The quantitative estimate of drug-likeness (QED) is 0.484. The van der Waals surface area contributed by atoms with Gasteiger partial charge in [-0.05, 0) is 32.9 Å². The lowest BCUT2D eigenvalue weighted by molar-refractivity contribution is 0.532. The van der Waals surface area contributed by atoms with Crippen LogP contribution >= 0.6 is 0 Å². The third kappa shape index (κ3) is 3.75. The molecule has 2 aromatic carbocycles. The average molecular weight is 452 g/mol. The van der Waals surface area contributed by atoms with E-state index in [1.807, 2.05) is 62.4 Å². The zero-order valence-electron chi connectivity index (χ0n) is 18.4. The Labute approximate surface area is 186 Å². The molecule has 8 nitrogen and oxygen atoms in total. The lowest BCUT2D eigenvalue weighted by atomic mass is 10.2. The van der Waals surface area contributed by atoms with Crippen LogP contribution in [0.1, 0.15) is 25.6 Å². The fraction of sp³-hybridized carbons (Fsp3) is 0.217. The molecule has 9 heteroatoms. The Kier molecular flexibility index (Phi) is 5.52. The summed E-state index contributed by atoms with van der Waals surface area (Å²) >= 11 is 0. The van der Waals surface area contributed by atoms with Crippen LogP contribution < -0.4 is 10.3 Å². The van der Waals surface area contributed by atoms with Crippen molar-refractivity contribution in [3.63, 3.8) is 0 Å². The maximum atomic E-state index is 13.5. The van der Waals surface area contributed by atoms with Crippen LogP contribution in [0, 0.1) is 6.92 Å². The van der Waals surface area contributed by atoms with Gasteiger partial charge in [0, 0.05) is 24.8 Å². The number of nitrogens with zero attached hydrogens (tertiary/aromatic N) is 4. The van der Waals surface area contributed by atoms with E-state index >= 15 is 0 Å². The number of benzene rings is 2. The van der Waals surface area contributed by atoms with Crippen molar-refractivity contribution < 1.29 is 8.42 Å². The number of sulfonamides is 1. The largest absolute Gasteiger partial charge is 0.296 e. The summed E-state index contributed by atoms with van der Waals surface area (Å²) in [6, 6.07) is 18.2. The molecule has 0 unspecified atom stereocenters. The number of rotatable bonds is 6. The van der Waals surface area contributed by atoms with Crippen molar-refractivity contribution in [2.24, 2.45) is 7.05 Å². The molecule has 4 rings (SSSR count). The van der Waals surface area contributed by atoms with Crippen LogP contribution in [0.5, 0.6) is 0 Å². The topological polar surface area (TPSA) is 90.9 Å². The first-order chi connectivity index (χ1) is 15.2. The van der Waals surface area contributed by atoms with Gasteiger partial charge in [0.2, 0.25) is 0 Å². The first kappa shape index (κ1) is 21.6. The van der Waals surface area contributed by atoms with Gasteiger partial charge in [-0.2, -0.15) is 5.10 Å². The minimum Gasteiger partial charge on any atom is -0.283 e. The van der Waals surface area contributed by atoms with E-state index in [1.165, 1.54) is 10.9 Å².